The van der Waals surface area contributed by atoms with E-state index in [0.717, 1.165) is 5.39 Å². The highest BCUT2D eigenvalue weighted by Crippen LogP contribution is 2.27. The van der Waals surface area contributed by atoms with E-state index in [1.165, 1.54) is 0 Å². The van der Waals surface area contributed by atoms with E-state index in [-0.39, 0.29) is 4.90 Å². The molecule has 0 heterocycles. The molecule has 0 saturated carbocycles. The minimum atomic E-state index is -3.52. The summed E-state index contributed by atoms with van der Waals surface area (Å²) in [5.74, 6) is 0. The molecule has 0 fully saturated rings. The van der Waals surface area contributed by atoms with Crippen molar-refractivity contribution in [2.45, 2.75) is 18.2 Å². The smallest absolute Gasteiger partial charge is 0.241 e. The molecule has 0 spiro atoms. The van der Waals surface area contributed by atoms with Gasteiger partial charge in [-0.1, -0.05) is 36.4 Å². The van der Waals surface area contributed by atoms with Crippen LogP contribution >= 0.6 is 0 Å². The lowest BCUT2D eigenvalue weighted by Crippen LogP contribution is -2.24. The highest BCUT2D eigenvalue weighted by molar-refractivity contribution is 7.89. The van der Waals surface area contributed by atoms with Crippen LogP contribution < -0.4 is 10.5 Å². The minimum absolute atomic E-state index is 0.266. The number of nitrogen functional groups attached to an aromatic ring is 1. The molecule has 0 bridgehead atoms. The van der Waals surface area contributed by atoms with Crippen molar-refractivity contribution in [3.05, 3.63) is 48.6 Å². The number of rotatable bonds is 5. The maximum atomic E-state index is 12.3. The Hall–Kier alpha value is -1.85. The van der Waals surface area contributed by atoms with Crippen LogP contribution in [0.4, 0.5) is 5.69 Å². The summed E-state index contributed by atoms with van der Waals surface area (Å²) in [6, 6.07) is 10.4. The van der Waals surface area contributed by atoms with Crippen LogP contribution in [-0.4, -0.2) is 15.0 Å². The first-order valence-corrected chi connectivity index (χ1v) is 7.92. The number of sulfonamides is 1. The minimum Gasteiger partial charge on any atom is -0.398 e. The zero-order valence-corrected chi connectivity index (χ0v) is 12.2. The average molecular weight is 290 g/mol. The van der Waals surface area contributed by atoms with Gasteiger partial charge in [0.05, 0.1) is 4.90 Å². The van der Waals surface area contributed by atoms with Gasteiger partial charge in [-0.2, -0.15) is 0 Å². The van der Waals surface area contributed by atoms with Crippen LogP contribution in [0.15, 0.2) is 53.4 Å². The van der Waals surface area contributed by atoms with Gasteiger partial charge in [0.1, 0.15) is 0 Å². The van der Waals surface area contributed by atoms with Gasteiger partial charge in [0, 0.05) is 23.0 Å². The lowest BCUT2D eigenvalue weighted by Gasteiger charge is -2.10. The summed E-state index contributed by atoms with van der Waals surface area (Å²) in [7, 11) is -3.52. The third kappa shape index (κ3) is 3.00. The lowest BCUT2D eigenvalue weighted by atomic mass is 10.1. The summed E-state index contributed by atoms with van der Waals surface area (Å²) in [5, 5.41) is 1.40. The molecule has 0 atom stereocenters. The van der Waals surface area contributed by atoms with Crippen LogP contribution in [0.2, 0.25) is 0 Å². The van der Waals surface area contributed by atoms with Crippen LogP contribution in [0.5, 0.6) is 0 Å². The van der Waals surface area contributed by atoms with Gasteiger partial charge in [0.2, 0.25) is 10.0 Å². The van der Waals surface area contributed by atoms with Crippen molar-refractivity contribution in [2.75, 3.05) is 12.3 Å². The largest absolute Gasteiger partial charge is 0.398 e. The predicted octanol–water partition coefficient (Wildman–Crippen LogP) is 2.67. The number of nitrogens with two attached hydrogens (primary N) is 1. The molecule has 20 heavy (non-hydrogen) atoms. The van der Waals surface area contributed by atoms with E-state index in [9.17, 15) is 8.42 Å². The first-order valence-electron chi connectivity index (χ1n) is 6.44. The maximum Gasteiger partial charge on any atom is 0.241 e. The van der Waals surface area contributed by atoms with Crippen LogP contribution in [0.3, 0.4) is 0 Å². The third-order valence-electron chi connectivity index (χ3n) is 3.05. The fraction of sp³-hybridized carbons (Fsp3) is 0.200. The molecule has 2 aromatic carbocycles. The van der Waals surface area contributed by atoms with Crippen molar-refractivity contribution in [1.29, 1.82) is 0 Å². The molecule has 0 saturated heterocycles. The summed E-state index contributed by atoms with van der Waals surface area (Å²) in [4.78, 5) is 0.266. The number of anilines is 1. The summed E-state index contributed by atoms with van der Waals surface area (Å²) < 4.78 is 27.3. The van der Waals surface area contributed by atoms with Gasteiger partial charge >= 0.3 is 0 Å². The van der Waals surface area contributed by atoms with Crippen LogP contribution in [0, 0.1) is 0 Å². The van der Waals surface area contributed by atoms with Gasteiger partial charge in [0.15, 0.2) is 0 Å². The summed E-state index contributed by atoms with van der Waals surface area (Å²) >= 11 is 0. The summed E-state index contributed by atoms with van der Waals surface area (Å²) in [5.41, 5.74) is 6.46. The number of hydrogen-bond donors (Lipinski definition) is 2. The van der Waals surface area contributed by atoms with Crippen molar-refractivity contribution in [2.24, 2.45) is 0 Å². The van der Waals surface area contributed by atoms with E-state index in [4.69, 9.17) is 5.73 Å². The zero-order valence-electron chi connectivity index (χ0n) is 11.3. The molecule has 0 aliphatic heterocycles. The predicted molar refractivity (Wildman–Crippen MR) is 83.0 cm³/mol. The molecule has 4 nitrogen and oxygen atoms in total. The molecule has 0 aliphatic carbocycles. The van der Waals surface area contributed by atoms with Gasteiger partial charge in [-0.25, -0.2) is 13.1 Å². The van der Waals surface area contributed by atoms with Crippen molar-refractivity contribution < 1.29 is 8.42 Å². The summed E-state index contributed by atoms with van der Waals surface area (Å²) in [6.45, 7) is 2.29. The van der Waals surface area contributed by atoms with E-state index >= 15 is 0 Å². The molecule has 3 N–H and O–H groups in total. The fourth-order valence-electron chi connectivity index (χ4n) is 2.05. The number of benzene rings is 2. The second-order valence-corrected chi connectivity index (χ2v) is 6.19. The number of allylic oxidation sites excluding steroid dienone is 1. The lowest BCUT2D eigenvalue weighted by molar-refractivity contribution is 0.583. The standard InChI is InChI=1S/C15H18N2O2S/c1-2-3-6-11-17-20(18,19)15-10-9-14(16)12-7-4-5-8-13(12)15/h2-5,7-10,17H,6,11,16H2,1H3/b3-2+. The van der Waals surface area contributed by atoms with Crippen molar-refractivity contribution in [3.63, 3.8) is 0 Å². The first kappa shape index (κ1) is 14.6. The molecule has 0 aromatic heterocycles. The molecule has 5 heteroatoms. The van der Waals surface area contributed by atoms with E-state index in [2.05, 4.69) is 4.72 Å². The van der Waals surface area contributed by atoms with Crippen LogP contribution in [0.25, 0.3) is 10.8 Å². The Morgan fingerprint density at radius 1 is 1.15 bits per heavy atom. The van der Waals surface area contributed by atoms with Gasteiger partial charge in [0.25, 0.3) is 0 Å². The molecular formula is C15H18N2O2S. The normalized spacial score (nSPS) is 12.2. The van der Waals surface area contributed by atoms with E-state index in [1.807, 2.05) is 31.2 Å². The molecule has 106 valence electrons. The van der Waals surface area contributed by atoms with Gasteiger partial charge in [-0.05, 0) is 25.5 Å². The monoisotopic (exact) mass is 290 g/mol. The highest BCUT2D eigenvalue weighted by atomic mass is 32.2. The Morgan fingerprint density at radius 3 is 2.55 bits per heavy atom. The van der Waals surface area contributed by atoms with Crippen molar-refractivity contribution >= 4 is 26.5 Å². The Balaban J connectivity index is 2.39. The van der Waals surface area contributed by atoms with Crippen LogP contribution in [0.1, 0.15) is 13.3 Å². The third-order valence-corrected chi connectivity index (χ3v) is 4.57. The highest BCUT2D eigenvalue weighted by Gasteiger charge is 2.17. The Bertz CT molecular complexity index is 737. The second-order valence-electron chi connectivity index (χ2n) is 4.45. The molecular weight excluding hydrogens is 272 g/mol. The maximum absolute atomic E-state index is 12.3. The zero-order chi connectivity index (χ0) is 14.6. The molecule has 0 radical (unpaired) electrons. The quantitative estimate of drug-likeness (QED) is 0.505. The molecule has 2 aromatic rings. The molecule has 0 unspecified atom stereocenters. The van der Waals surface area contributed by atoms with Gasteiger partial charge in [-0.15, -0.1) is 0 Å². The topological polar surface area (TPSA) is 72.2 Å². The first-order chi connectivity index (χ1) is 9.56. The number of hydrogen-bond acceptors (Lipinski definition) is 3. The van der Waals surface area contributed by atoms with E-state index in [1.54, 1.807) is 24.3 Å². The molecule has 0 aliphatic rings. The van der Waals surface area contributed by atoms with Crippen molar-refractivity contribution in [1.82, 2.24) is 4.72 Å². The number of fused-ring (bicyclic) bond motifs is 1. The van der Waals surface area contributed by atoms with Crippen LogP contribution in [-0.2, 0) is 10.0 Å². The fourth-order valence-corrected chi connectivity index (χ4v) is 3.31. The molecule has 2 rings (SSSR count). The Labute approximate surface area is 119 Å². The Kier molecular flexibility index (Phi) is 4.42. The summed E-state index contributed by atoms with van der Waals surface area (Å²) in [6.07, 6.45) is 4.49. The second kappa shape index (κ2) is 6.07. The van der Waals surface area contributed by atoms with E-state index < -0.39 is 10.0 Å². The van der Waals surface area contributed by atoms with Gasteiger partial charge in [-0.3, -0.25) is 0 Å². The van der Waals surface area contributed by atoms with E-state index in [0.29, 0.717) is 24.0 Å². The SMILES string of the molecule is C/C=C/CCNS(=O)(=O)c1ccc(N)c2ccccc12. The number of nitrogens with one attached hydrogen (secondary N) is 1. The van der Waals surface area contributed by atoms with Gasteiger partial charge < -0.3 is 5.73 Å². The average Bonchev–Trinajstić information content (AvgIpc) is 2.44. The Morgan fingerprint density at radius 2 is 1.85 bits per heavy atom. The molecule has 0 amide bonds. The van der Waals surface area contributed by atoms with Crippen molar-refractivity contribution in [3.8, 4) is 0 Å².